The Labute approximate surface area is 396 Å². The predicted octanol–water partition coefficient (Wildman–Crippen LogP) is 17.6. The number of anilines is 3. The normalized spacial score (nSPS) is 13.0. The SMILES string of the molecule is CCCCCCC1(CCCCCC)c2sc(-c3ccc(/C=C(\C)C(=O)O)cc3)cc2-c2cc(-c3ccc(-c4ccc(N(c5ccc(C)cc5)c5ccc(C)cc5)cc4)c4nsnc34)sc21. The van der Waals surface area contributed by atoms with Crippen molar-refractivity contribution in [2.45, 2.75) is 104 Å². The van der Waals surface area contributed by atoms with Gasteiger partial charge in [-0.1, -0.05) is 149 Å². The van der Waals surface area contributed by atoms with Crippen molar-refractivity contribution in [1.29, 1.82) is 0 Å². The van der Waals surface area contributed by atoms with Gasteiger partial charge in [-0.3, -0.25) is 0 Å². The van der Waals surface area contributed by atoms with E-state index in [1.165, 1.54) is 110 Å². The largest absolute Gasteiger partial charge is 0.478 e. The Hall–Kier alpha value is -5.67. The number of rotatable bonds is 18. The molecule has 1 aliphatic rings. The van der Waals surface area contributed by atoms with Gasteiger partial charge in [-0.2, -0.15) is 8.75 Å². The van der Waals surface area contributed by atoms with E-state index in [1.54, 1.807) is 13.0 Å². The van der Waals surface area contributed by atoms with Gasteiger partial charge in [-0.05, 0) is 116 Å². The maximum Gasteiger partial charge on any atom is 0.331 e. The van der Waals surface area contributed by atoms with Crippen molar-refractivity contribution in [3.63, 3.8) is 0 Å². The minimum atomic E-state index is -0.892. The number of benzene rings is 5. The van der Waals surface area contributed by atoms with Gasteiger partial charge < -0.3 is 10.0 Å². The fraction of sp³-hybridized carbons (Fsp3) is 0.281. The van der Waals surface area contributed by atoms with Gasteiger partial charge in [0.05, 0.1) is 11.7 Å². The molecule has 0 radical (unpaired) electrons. The van der Waals surface area contributed by atoms with Crippen LogP contribution < -0.4 is 4.90 Å². The second-order valence-corrected chi connectivity index (χ2v) is 20.5. The number of hydrogen-bond donors (Lipinski definition) is 1. The van der Waals surface area contributed by atoms with Gasteiger partial charge in [0.1, 0.15) is 11.0 Å². The summed E-state index contributed by atoms with van der Waals surface area (Å²) in [5.74, 6) is -0.892. The maximum absolute atomic E-state index is 11.5. The molecule has 9 rings (SSSR count). The average molecular weight is 912 g/mol. The van der Waals surface area contributed by atoms with Crippen LogP contribution in [0, 0.1) is 13.8 Å². The quantitative estimate of drug-likeness (QED) is 0.0686. The van der Waals surface area contributed by atoms with Crippen LogP contribution in [-0.2, 0) is 10.2 Å². The molecule has 3 heterocycles. The Morgan fingerprint density at radius 2 is 1.06 bits per heavy atom. The standard InChI is InChI=1S/C57H57N3O2S3/c1-6-8-10-12-32-57(33-13-11-9-7-2)54-48(35-50(63-54)42-20-18-40(19-21-42)34-39(5)56(61)62)49-36-51(64-55(49)57)47-31-30-46(52-53(47)59-65-58-52)41-22-28-45(29-23-41)60(43-24-14-37(3)15-25-43)44-26-16-38(4)17-27-44/h14-31,34-36H,6-13,32-33H2,1-5H3,(H,61,62)/b39-34+. The molecule has 0 amide bonds. The molecule has 3 aromatic heterocycles. The van der Waals surface area contributed by atoms with Crippen molar-refractivity contribution < 1.29 is 9.90 Å². The molecule has 330 valence electrons. The first kappa shape index (κ1) is 44.5. The lowest BCUT2D eigenvalue weighted by atomic mass is 9.77. The van der Waals surface area contributed by atoms with E-state index in [2.05, 4.69) is 142 Å². The number of thiophene rings is 2. The Bertz CT molecular complexity index is 2900. The van der Waals surface area contributed by atoms with E-state index in [9.17, 15) is 9.90 Å². The van der Waals surface area contributed by atoms with Crippen molar-refractivity contribution in [2.24, 2.45) is 0 Å². The molecule has 0 fully saturated rings. The van der Waals surface area contributed by atoms with Gasteiger partial charge in [0.25, 0.3) is 0 Å². The highest BCUT2D eigenvalue weighted by atomic mass is 32.1. The molecule has 1 aliphatic carbocycles. The highest BCUT2D eigenvalue weighted by molar-refractivity contribution is 7.18. The van der Waals surface area contributed by atoms with E-state index in [0.717, 1.165) is 63.2 Å². The number of unbranched alkanes of at least 4 members (excludes halogenated alkanes) is 6. The molecule has 65 heavy (non-hydrogen) atoms. The fourth-order valence-corrected chi connectivity index (χ4v) is 13.1. The van der Waals surface area contributed by atoms with Crippen molar-refractivity contribution in [1.82, 2.24) is 8.75 Å². The molecular weight excluding hydrogens is 855 g/mol. The summed E-state index contributed by atoms with van der Waals surface area (Å²) in [6, 6.07) is 44.2. The molecule has 0 spiro atoms. The van der Waals surface area contributed by atoms with Crippen LogP contribution in [0.25, 0.3) is 60.2 Å². The highest BCUT2D eigenvalue weighted by Crippen LogP contribution is 2.62. The van der Waals surface area contributed by atoms with Crippen LogP contribution in [0.5, 0.6) is 0 Å². The summed E-state index contributed by atoms with van der Waals surface area (Å²) < 4.78 is 9.95. The molecule has 0 unspecified atom stereocenters. The summed E-state index contributed by atoms with van der Waals surface area (Å²) in [6.45, 7) is 10.5. The summed E-state index contributed by atoms with van der Waals surface area (Å²) in [6.07, 6.45) is 14.0. The Morgan fingerprint density at radius 3 is 1.60 bits per heavy atom. The second kappa shape index (κ2) is 19.4. The topological polar surface area (TPSA) is 66.3 Å². The molecule has 0 saturated carbocycles. The molecule has 0 saturated heterocycles. The molecule has 0 bridgehead atoms. The van der Waals surface area contributed by atoms with Crippen LogP contribution in [-0.4, -0.2) is 19.8 Å². The number of carbonyl (C=O) groups is 1. The molecule has 1 N–H and O–H groups in total. The molecular formula is C57H57N3O2S3. The molecule has 5 nitrogen and oxygen atoms in total. The van der Waals surface area contributed by atoms with Gasteiger partial charge in [0.15, 0.2) is 0 Å². The van der Waals surface area contributed by atoms with E-state index < -0.39 is 5.97 Å². The zero-order chi connectivity index (χ0) is 45.1. The molecule has 0 aliphatic heterocycles. The van der Waals surface area contributed by atoms with E-state index >= 15 is 0 Å². The van der Waals surface area contributed by atoms with Crippen molar-refractivity contribution >= 4 is 74.5 Å². The third kappa shape index (κ3) is 9.01. The first-order valence-electron chi connectivity index (χ1n) is 23.3. The third-order valence-corrected chi connectivity index (χ3v) is 16.4. The summed E-state index contributed by atoms with van der Waals surface area (Å²) in [7, 11) is 0. The summed E-state index contributed by atoms with van der Waals surface area (Å²) >= 11 is 5.26. The van der Waals surface area contributed by atoms with E-state index in [-0.39, 0.29) is 5.41 Å². The molecule has 8 aromatic rings. The molecule has 0 atom stereocenters. The summed E-state index contributed by atoms with van der Waals surface area (Å²) in [5.41, 5.74) is 16.3. The second-order valence-electron chi connectivity index (χ2n) is 17.8. The number of hydrogen-bond acceptors (Lipinski definition) is 7. The zero-order valence-corrected chi connectivity index (χ0v) is 40.6. The van der Waals surface area contributed by atoms with E-state index in [4.69, 9.17) is 8.75 Å². The summed E-state index contributed by atoms with van der Waals surface area (Å²) in [5, 5.41) is 9.45. The highest BCUT2D eigenvalue weighted by Gasteiger charge is 2.46. The lowest BCUT2D eigenvalue weighted by Gasteiger charge is -2.30. The van der Waals surface area contributed by atoms with Gasteiger partial charge in [0.2, 0.25) is 0 Å². The number of aromatic nitrogens is 2. The number of aliphatic carboxylic acids is 1. The van der Waals surface area contributed by atoms with Crippen molar-refractivity contribution in [2.75, 3.05) is 4.90 Å². The third-order valence-electron chi connectivity index (χ3n) is 13.2. The lowest BCUT2D eigenvalue weighted by molar-refractivity contribution is -0.132. The number of fused-ring (bicyclic) bond motifs is 4. The van der Waals surface area contributed by atoms with Crippen molar-refractivity contribution in [3.05, 3.63) is 153 Å². The van der Waals surface area contributed by atoms with Crippen LogP contribution in [0.15, 0.2) is 127 Å². The Morgan fingerprint density at radius 1 is 0.585 bits per heavy atom. The first-order valence-corrected chi connectivity index (χ1v) is 25.6. The Kier molecular flexibility index (Phi) is 13.3. The van der Waals surface area contributed by atoms with Gasteiger partial charge in [-0.15, -0.1) is 22.7 Å². The van der Waals surface area contributed by atoms with Gasteiger partial charge in [-0.25, -0.2) is 4.79 Å². The van der Waals surface area contributed by atoms with Crippen LogP contribution in [0.3, 0.4) is 0 Å². The predicted molar refractivity (Wildman–Crippen MR) is 279 cm³/mol. The number of carboxylic acids is 1. The Balaban J connectivity index is 1.09. The molecule has 5 aromatic carbocycles. The zero-order valence-electron chi connectivity index (χ0n) is 38.1. The minimum Gasteiger partial charge on any atom is -0.478 e. The first-order chi connectivity index (χ1) is 31.7. The summed E-state index contributed by atoms with van der Waals surface area (Å²) in [4.78, 5) is 19.4. The number of nitrogens with zero attached hydrogens (tertiary/aromatic N) is 3. The fourth-order valence-electron chi connectivity index (χ4n) is 9.54. The monoisotopic (exact) mass is 911 g/mol. The van der Waals surface area contributed by atoms with Crippen LogP contribution in [0.4, 0.5) is 17.1 Å². The smallest absolute Gasteiger partial charge is 0.331 e. The maximum atomic E-state index is 11.5. The van der Waals surface area contributed by atoms with E-state index in [0.29, 0.717) is 5.57 Å². The van der Waals surface area contributed by atoms with Gasteiger partial charge in [0, 0.05) is 58.7 Å². The van der Waals surface area contributed by atoms with Crippen LogP contribution in [0.2, 0.25) is 0 Å². The minimum absolute atomic E-state index is 0.0224. The molecule has 8 heteroatoms. The van der Waals surface area contributed by atoms with Crippen LogP contribution in [0.1, 0.15) is 111 Å². The number of carboxylic acid groups (broad SMARTS) is 1. The average Bonchev–Trinajstić information content (AvgIpc) is 4.13. The van der Waals surface area contributed by atoms with Crippen molar-refractivity contribution in [3.8, 4) is 43.1 Å². The van der Waals surface area contributed by atoms with Crippen LogP contribution >= 0.6 is 34.4 Å². The number of aryl methyl sites for hydroxylation is 2. The lowest BCUT2D eigenvalue weighted by Crippen LogP contribution is -2.23. The van der Waals surface area contributed by atoms with Gasteiger partial charge >= 0.3 is 5.97 Å². The van der Waals surface area contributed by atoms with E-state index in [1.807, 2.05) is 34.8 Å².